The van der Waals surface area contributed by atoms with Gasteiger partial charge in [0, 0.05) is 12.3 Å². The largest absolute Gasteiger partial charge is 0.481 e. The molecule has 0 radical (unpaired) electrons. The zero-order valence-corrected chi connectivity index (χ0v) is 15.6. The van der Waals surface area contributed by atoms with E-state index in [9.17, 15) is 14.7 Å². The molecule has 2 N–H and O–H groups in total. The van der Waals surface area contributed by atoms with E-state index in [1.807, 2.05) is 37.3 Å². The number of hydrogen-bond acceptors (Lipinski definition) is 3. The van der Waals surface area contributed by atoms with E-state index in [-0.39, 0.29) is 17.6 Å². The second kappa shape index (κ2) is 10.3. The number of carboxylic acids is 1. The Balaban J connectivity index is 2.54. The van der Waals surface area contributed by atoms with Crippen LogP contribution in [0.4, 0.5) is 0 Å². The molecule has 0 aromatic rings. The Bertz CT molecular complexity index is 528. The molecule has 4 atom stereocenters. The molecule has 1 aliphatic carbocycles. The summed E-state index contributed by atoms with van der Waals surface area (Å²) in [6.45, 7) is 5.49. The highest BCUT2D eigenvalue weighted by atomic mass is 16.4. The smallest absolute Gasteiger partial charge is 0.306 e. The SMILES string of the molecule is CCC=CC(C)(O)CC=C[C@H]1CCC(=O)[C@@H]1CC=CCC(C)C(=O)O. The lowest BCUT2D eigenvalue weighted by molar-refractivity contribution is -0.141. The molecule has 140 valence electrons. The summed E-state index contributed by atoms with van der Waals surface area (Å²) in [6.07, 6.45) is 15.7. The molecule has 0 aromatic carbocycles. The summed E-state index contributed by atoms with van der Waals surface area (Å²) in [7, 11) is 0. The van der Waals surface area contributed by atoms with Gasteiger partial charge < -0.3 is 10.2 Å². The van der Waals surface area contributed by atoms with Crippen LogP contribution in [0.3, 0.4) is 0 Å². The van der Waals surface area contributed by atoms with Crippen molar-refractivity contribution in [1.29, 1.82) is 0 Å². The fraction of sp³-hybridized carbons (Fsp3) is 0.619. The first-order valence-corrected chi connectivity index (χ1v) is 9.24. The number of carbonyl (C=O) groups excluding carboxylic acids is 1. The van der Waals surface area contributed by atoms with Gasteiger partial charge in [0.2, 0.25) is 0 Å². The van der Waals surface area contributed by atoms with Crippen LogP contribution in [0.25, 0.3) is 0 Å². The van der Waals surface area contributed by atoms with E-state index in [1.165, 1.54) is 0 Å². The average molecular weight is 348 g/mol. The Kier molecular flexibility index (Phi) is 8.84. The molecule has 2 unspecified atom stereocenters. The first kappa shape index (κ1) is 21.4. The lowest BCUT2D eigenvalue weighted by Crippen LogP contribution is -2.19. The second-order valence-electron chi connectivity index (χ2n) is 7.26. The molecule has 25 heavy (non-hydrogen) atoms. The van der Waals surface area contributed by atoms with Crippen molar-refractivity contribution >= 4 is 11.8 Å². The number of allylic oxidation sites excluding steroid dienone is 4. The van der Waals surface area contributed by atoms with Crippen molar-refractivity contribution < 1.29 is 19.8 Å². The van der Waals surface area contributed by atoms with Crippen molar-refractivity contribution in [3.05, 3.63) is 36.5 Å². The van der Waals surface area contributed by atoms with Crippen molar-refractivity contribution in [2.45, 2.75) is 64.9 Å². The van der Waals surface area contributed by atoms with Crippen molar-refractivity contribution in [2.24, 2.45) is 17.8 Å². The van der Waals surface area contributed by atoms with Gasteiger partial charge in [0.15, 0.2) is 0 Å². The van der Waals surface area contributed by atoms with Crippen LogP contribution in [0.2, 0.25) is 0 Å². The lowest BCUT2D eigenvalue weighted by Gasteiger charge is -2.17. The van der Waals surface area contributed by atoms with E-state index >= 15 is 0 Å². The molecule has 1 rings (SSSR count). The number of aliphatic hydroxyl groups is 1. The number of rotatable bonds is 10. The molecule has 0 aliphatic heterocycles. The van der Waals surface area contributed by atoms with Gasteiger partial charge in [-0.25, -0.2) is 0 Å². The van der Waals surface area contributed by atoms with Crippen molar-refractivity contribution in [3.8, 4) is 0 Å². The lowest BCUT2D eigenvalue weighted by atomic mass is 9.90. The van der Waals surface area contributed by atoms with Gasteiger partial charge in [-0.2, -0.15) is 0 Å². The van der Waals surface area contributed by atoms with E-state index < -0.39 is 17.5 Å². The van der Waals surface area contributed by atoms with Crippen LogP contribution in [0.15, 0.2) is 36.5 Å². The van der Waals surface area contributed by atoms with Gasteiger partial charge in [-0.1, -0.05) is 50.3 Å². The molecular formula is C21H32O4. The van der Waals surface area contributed by atoms with E-state index in [0.29, 0.717) is 25.7 Å². The van der Waals surface area contributed by atoms with Crippen LogP contribution in [-0.2, 0) is 9.59 Å². The van der Waals surface area contributed by atoms with Gasteiger partial charge in [0.1, 0.15) is 5.78 Å². The van der Waals surface area contributed by atoms with Crippen LogP contribution < -0.4 is 0 Å². The molecule has 0 bridgehead atoms. The van der Waals surface area contributed by atoms with Crippen LogP contribution in [0.1, 0.15) is 59.3 Å². The Morgan fingerprint density at radius 1 is 1.32 bits per heavy atom. The average Bonchev–Trinajstić information content (AvgIpc) is 2.89. The number of carboxylic acid groups (broad SMARTS) is 1. The summed E-state index contributed by atoms with van der Waals surface area (Å²) >= 11 is 0. The molecular weight excluding hydrogens is 316 g/mol. The highest BCUT2D eigenvalue weighted by Crippen LogP contribution is 2.33. The normalized spacial score (nSPS) is 25.2. The number of ketones is 1. The van der Waals surface area contributed by atoms with E-state index in [0.717, 1.165) is 12.8 Å². The predicted molar refractivity (Wildman–Crippen MR) is 100 cm³/mol. The highest BCUT2D eigenvalue weighted by molar-refractivity contribution is 5.83. The number of hydrogen-bond donors (Lipinski definition) is 2. The standard InChI is InChI=1S/C21H32O4/c1-4-5-14-21(3,25)15-8-10-17-12-13-19(22)18(17)11-7-6-9-16(2)20(23)24/h5-8,10,14,16-18,25H,4,9,11-13,15H2,1-3H3,(H,23,24)/t16?,17-,18+,21?/m0/s1. The summed E-state index contributed by atoms with van der Waals surface area (Å²) in [4.78, 5) is 22.9. The van der Waals surface area contributed by atoms with E-state index in [4.69, 9.17) is 5.11 Å². The number of Topliss-reactive ketones (excluding diaryl/α,β-unsaturated/α-hetero) is 1. The third kappa shape index (κ3) is 7.82. The predicted octanol–water partition coefficient (Wildman–Crippen LogP) is 4.30. The Morgan fingerprint density at radius 2 is 2.04 bits per heavy atom. The van der Waals surface area contributed by atoms with Crippen LogP contribution in [0, 0.1) is 17.8 Å². The van der Waals surface area contributed by atoms with Gasteiger partial charge >= 0.3 is 5.97 Å². The van der Waals surface area contributed by atoms with Crippen molar-refractivity contribution in [1.82, 2.24) is 0 Å². The fourth-order valence-corrected chi connectivity index (χ4v) is 3.04. The van der Waals surface area contributed by atoms with E-state index in [1.54, 1.807) is 13.8 Å². The molecule has 0 saturated heterocycles. The molecule has 4 nitrogen and oxygen atoms in total. The first-order valence-electron chi connectivity index (χ1n) is 9.24. The maximum atomic E-state index is 12.1. The fourth-order valence-electron chi connectivity index (χ4n) is 3.04. The summed E-state index contributed by atoms with van der Waals surface area (Å²) in [5.74, 6) is -0.733. The van der Waals surface area contributed by atoms with Gasteiger partial charge in [-0.15, -0.1) is 0 Å². The Labute approximate surface area is 151 Å². The first-order chi connectivity index (χ1) is 11.8. The molecule has 0 spiro atoms. The molecule has 0 amide bonds. The van der Waals surface area contributed by atoms with Crippen LogP contribution in [-0.4, -0.2) is 27.6 Å². The minimum Gasteiger partial charge on any atom is -0.481 e. The van der Waals surface area contributed by atoms with Crippen molar-refractivity contribution in [2.75, 3.05) is 0 Å². The zero-order valence-electron chi connectivity index (χ0n) is 15.6. The van der Waals surface area contributed by atoms with Gasteiger partial charge in [-0.05, 0) is 44.9 Å². The summed E-state index contributed by atoms with van der Waals surface area (Å²) < 4.78 is 0. The third-order valence-corrected chi connectivity index (χ3v) is 4.75. The maximum absolute atomic E-state index is 12.1. The molecule has 1 saturated carbocycles. The Hall–Kier alpha value is -1.68. The minimum atomic E-state index is -0.850. The molecule has 1 aliphatic rings. The molecule has 4 heteroatoms. The third-order valence-electron chi connectivity index (χ3n) is 4.75. The summed E-state index contributed by atoms with van der Waals surface area (Å²) in [5, 5.41) is 19.1. The van der Waals surface area contributed by atoms with Gasteiger partial charge in [0.05, 0.1) is 11.5 Å². The van der Waals surface area contributed by atoms with E-state index in [2.05, 4.69) is 6.08 Å². The van der Waals surface area contributed by atoms with Gasteiger partial charge in [0.25, 0.3) is 0 Å². The minimum absolute atomic E-state index is 0.0243. The quantitative estimate of drug-likeness (QED) is 0.577. The molecule has 0 aromatic heterocycles. The summed E-state index contributed by atoms with van der Waals surface area (Å²) in [6, 6.07) is 0. The highest BCUT2D eigenvalue weighted by Gasteiger charge is 2.31. The monoisotopic (exact) mass is 348 g/mol. The van der Waals surface area contributed by atoms with Gasteiger partial charge in [-0.3, -0.25) is 9.59 Å². The second-order valence-corrected chi connectivity index (χ2v) is 7.26. The van der Waals surface area contributed by atoms with Crippen LogP contribution >= 0.6 is 0 Å². The Morgan fingerprint density at radius 3 is 2.68 bits per heavy atom. The molecule has 1 fully saturated rings. The maximum Gasteiger partial charge on any atom is 0.306 e. The number of carbonyl (C=O) groups is 2. The van der Waals surface area contributed by atoms with Crippen LogP contribution in [0.5, 0.6) is 0 Å². The summed E-state index contributed by atoms with van der Waals surface area (Å²) in [5.41, 5.74) is -0.850. The molecule has 0 heterocycles. The van der Waals surface area contributed by atoms with Crippen molar-refractivity contribution in [3.63, 3.8) is 0 Å². The zero-order chi connectivity index (χ0) is 18.9. The number of aliphatic carboxylic acids is 1. The topological polar surface area (TPSA) is 74.6 Å².